The number of aromatic nitrogens is 2. The smallest absolute Gasteiger partial charge is 0.293 e. The Morgan fingerprint density at radius 2 is 1.85 bits per heavy atom. The first-order valence-electron chi connectivity index (χ1n) is 7.62. The molecule has 0 bridgehead atoms. The Bertz CT molecular complexity index is 1080. The fourth-order valence-electron chi connectivity index (χ4n) is 2.64. The number of aliphatic hydroxyl groups is 2. The summed E-state index contributed by atoms with van der Waals surface area (Å²) in [5, 5.41) is 23.9. The van der Waals surface area contributed by atoms with Gasteiger partial charge >= 0.3 is 0 Å². The van der Waals surface area contributed by atoms with E-state index in [0.29, 0.717) is 21.9 Å². The zero-order valence-electron chi connectivity index (χ0n) is 13.4. The average molecular weight is 391 g/mol. The molecule has 2 aromatic carbocycles. The number of furan rings is 1. The zero-order chi connectivity index (χ0) is 18.4. The molecule has 6 nitrogen and oxygen atoms in total. The van der Waals surface area contributed by atoms with Gasteiger partial charge in [0.1, 0.15) is 5.58 Å². The van der Waals surface area contributed by atoms with Gasteiger partial charge in [-0.2, -0.15) is 4.98 Å². The molecule has 2 aromatic heterocycles. The van der Waals surface area contributed by atoms with Crippen LogP contribution in [0.5, 0.6) is 0 Å². The molecule has 0 amide bonds. The lowest BCUT2D eigenvalue weighted by Gasteiger charge is -2.05. The Labute approximate surface area is 157 Å². The molecule has 132 valence electrons. The number of nitrogens with zero attached hydrogens (tertiary/aromatic N) is 2. The number of hydrogen-bond acceptors (Lipinski definition) is 6. The van der Waals surface area contributed by atoms with Crippen LogP contribution in [0.15, 0.2) is 45.3 Å². The Morgan fingerprint density at radius 3 is 2.54 bits per heavy atom. The van der Waals surface area contributed by atoms with E-state index in [1.54, 1.807) is 18.2 Å². The lowest BCUT2D eigenvalue weighted by molar-refractivity contribution is -0.0424. The Balaban J connectivity index is 1.75. The molecule has 26 heavy (non-hydrogen) atoms. The normalized spacial score (nSPS) is 11.6. The summed E-state index contributed by atoms with van der Waals surface area (Å²) >= 11 is 12.4. The maximum atomic E-state index is 9.20. The van der Waals surface area contributed by atoms with Gasteiger partial charge in [-0.15, -0.1) is 0 Å². The molecule has 0 aliphatic heterocycles. The summed E-state index contributed by atoms with van der Waals surface area (Å²) in [5.41, 5.74) is 2.37. The number of aliphatic hydroxyl groups excluding tert-OH is 1. The van der Waals surface area contributed by atoms with E-state index in [1.807, 2.05) is 13.0 Å². The maximum absolute atomic E-state index is 9.20. The lowest BCUT2D eigenvalue weighted by atomic mass is 10.1. The Hall–Kier alpha value is -2.38. The van der Waals surface area contributed by atoms with Crippen molar-refractivity contribution in [3.8, 4) is 23.0 Å². The molecule has 4 aromatic rings. The van der Waals surface area contributed by atoms with E-state index in [9.17, 15) is 10.2 Å². The molecule has 0 radical (unpaired) electrons. The summed E-state index contributed by atoms with van der Waals surface area (Å²) in [6, 6.07) is 9.96. The van der Waals surface area contributed by atoms with Crippen LogP contribution in [0.4, 0.5) is 0 Å². The minimum absolute atomic E-state index is 0.189. The van der Waals surface area contributed by atoms with E-state index < -0.39 is 6.29 Å². The van der Waals surface area contributed by atoms with Crippen molar-refractivity contribution in [3.05, 3.63) is 57.6 Å². The summed E-state index contributed by atoms with van der Waals surface area (Å²) in [6.07, 6.45) is -1.61. The van der Waals surface area contributed by atoms with Crippen molar-refractivity contribution in [1.29, 1.82) is 0 Å². The number of rotatable bonds is 3. The molecule has 0 aliphatic carbocycles. The van der Waals surface area contributed by atoms with Gasteiger partial charge in [-0.3, -0.25) is 0 Å². The summed E-state index contributed by atoms with van der Waals surface area (Å²) in [4.78, 5) is 4.32. The summed E-state index contributed by atoms with van der Waals surface area (Å²) in [7, 11) is 0. The quantitative estimate of drug-likeness (QED) is 0.490. The van der Waals surface area contributed by atoms with E-state index in [0.717, 1.165) is 10.9 Å². The first-order valence-corrected chi connectivity index (χ1v) is 8.38. The second-order valence-corrected chi connectivity index (χ2v) is 6.57. The van der Waals surface area contributed by atoms with Crippen molar-refractivity contribution in [2.24, 2.45) is 0 Å². The van der Waals surface area contributed by atoms with Crippen LogP contribution in [0, 0.1) is 6.92 Å². The number of fused-ring (bicyclic) bond motifs is 1. The van der Waals surface area contributed by atoms with Crippen molar-refractivity contribution in [1.82, 2.24) is 10.1 Å². The van der Waals surface area contributed by atoms with Crippen LogP contribution >= 0.6 is 23.2 Å². The molecular weight excluding hydrogens is 379 g/mol. The number of aryl methyl sites for hydroxylation is 1. The van der Waals surface area contributed by atoms with Crippen LogP contribution in [0.1, 0.15) is 17.4 Å². The highest BCUT2D eigenvalue weighted by Gasteiger charge is 2.19. The minimum Gasteiger partial charge on any atom is -0.451 e. The highest BCUT2D eigenvalue weighted by atomic mass is 35.5. The van der Waals surface area contributed by atoms with E-state index in [-0.39, 0.29) is 22.3 Å². The summed E-state index contributed by atoms with van der Waals surface area (Å²) in [5.74, 6) is 0.842. The molecule has 0 fully saturated rings. The van der Waals surface area contributed by atoms with E-state index in [4.69, 9.17) is 32.1 Å². The third-order valence-corrected chi connectivity index (χ3v) is 4.64. The van der Waals surface area contributed by atoms with Gasteiger partial charge in [0.25, 0.3) is 5.89 Å². The van der Waals surface area contributed by atoms with Crippen LogP contribution in [0.25, 0.3) is 34.0 Å². The zero-order valence-corrected chi connectivity index (χ0v) is 14.9. The van der Waals surface area contributed by atoms with Gasteiger partial charge in [-0.1, -0.05) is 40.5 Å². The molecular formula is C18H12Cl2N2O4. The molecule has 0 unspecified atom stereocenters. The van der Waals surface area contributed by atoms with Gasteiger partial charge in [0, 0.05) is 16.5 Å². The molecule has 0 saturated heterocycles. The van der Waals surface area contributed by atoms with E-state index in [2.05, 4.69) is 10.1 Å². The van der Waals surface area contributed by atoms with Crippen LogP contribution in [0.3, 0.4) is 0 Å². The first-order chi connectivity index (χ1) is 12.4. The fraction of sp³-hybridized carbons (Fsp3) is 0.111. The summed E-state index contributed by atoms with van der Waals surface area (Å²) < 4.78 is 11.1. The van der Waals surface area contributed by atoms with Crippen LogP contribution in [-0.4, -0.2) is 20.4 Å². The fourth-order valence-corrected chi connectivity index (χ4v) is 3.11. The van der Waals surface area contributed by atoms with Gasteiger partial charge in [-0.05, 0) is 36.8 Å². The molecule has 4 rings (SSSR count). The van der Waals surface area contributed by atoms with Crippen LogP contribution in [-0.2, 0) is 0 Å². The first kappa shape index (κ1) is 17.1. The number of benzene rings is 2. The Morgan fingerprint density at radius 1 is 1.04 bits per heavy atom. The second kappa shape index (κ2) is 6.41. The predicted molar refractivity (Wildman–Crippen MR) is 96.9 cm³/mol. The third kappa shape index (κ3) is 2.87. The molecule has 2 N–H and O–H groups in total. The van der Waals surface area contributed by atoms with Crippen LogP contribution < -0.4 is 0 Å². The van der Waals surface area contributed by atoms with E-state index >= 15 is 0 Å². The Kier molecular flexibility index (Phi) is 4.20. The second-order valence-electron chi connectivity index (χ2n) is 5.75. The molecule has 0 spiro atoms. The third-order valence-electron chi connectivity index (χ3n) is 4.00. The van der Waals surface area contributed by atoms with Crippen molar-refractivity contribution in [2.75, 3.05) is 0 Å². The SMILES string of the molecule is Cc1ccc(Cl)c2cc(-c3nc(-c4ccc(C(O)O)cc4Cl)no3)oc12. The largest absolute Gasteiger partial charge is 0.451 e. The lowest BCUT2D eigenvalue weighted by Crippen LogP contribution is -1.95. The van der Waals surface area contributed by atoms with Gasteiger partial charge in [0.15, 0.2) is 12.1 Å². The van der Waals surface area contributed by atoms with Crippen molar-refractivity contribution >= 4 is 34.2 Å². The van der Waals surface area contributed by atoms with E-state index in [1.165, 1.54) is 12.1 Å². The summed E-state index contributed by atoms with van der Waals surface area (Å²) in [6.45, 7) is 1.92. The van der Waals surface area contributed by atoms with Gasteiger partial charge < -0.3 is 19.2 Å². The molecule has 8 heteroatoms. The van der Waals surface area contributed by atoms with Crippen molar-refractivity contribution in [2.45, 2.75) is 13.2 Å². The van der Waals surface area contributed by atoms with Gasteiger partial charge in [0.2, 0.25) is 5.82 Å². The van der Waals surface area contributed by atoms with Gasteiger partial charge in [-0.25, -0.2) is 0 Å². The monoisotopic (exact) mass is 390 g/mol. The topological polar surface area (TPSA) is 92.5 Å². The minimum atomic E-state index is -1.61. The maximum Gasteiger partial charge on any atom is 0.293 e. The average Bonchev–Trinajstić information content (AvgIpc) is 3.25. The predicted octanol–water partition coefficient (Wildman–Crippen LogP) is 4.75. The molecule has 0 atom stereocenters. The molecule has 0 aliphatic rings. The van der Waals surface area contributed by atoms with Crippen molar-refractivity contribution in [3.63, 3.8) is 0 Å². The van der Waals surface area contributed by atoms with Gasteiger partial charge in [0.05, 0.1) is 10.0 Å². The van der Waals surface area contributed by atoms with Crippen molar-refractivity contribution < 1.29 is 19.2 Å². The molecule has 0 saturated carbocycles. The number of halogens is 2. The standard InChI is InChI=1S/C18H12Cl2N2O4/c1-8-2-5-12(19)11-7-14(25-15(8)11)17-21-16(22-26-17)10-4-3-9(18(23)24)6-13(10)20/h2-7,18,23-24H,1H3. The number of hydrogen-bond donors (Lipinski definition) is 2. The molecule has 2 heterocycles. The highest BCUT2D eigenvalue weighted by Crippen LogP contribution is 2.35. The highest BCUT2D eigenvalue weighted by molar-refractivity contribution is 6.35. The van der Waals surface area contributed by atoms with Crippen LogP contribution in [0.2, 0.25) is 10.0 Å².